The lowest BCUT2D eigenvalue weighted by Gasteiger charge is -2.03. The molecule has 0 fully saturated rings. The van der Waals surface area contributed by atoms with Gasteiger partial charge in [-0.15, -0.1) is 11.3 Å². The van der Waals surface area contributed by atoms with Crippen LogP contribution in [0.1, 0.15) is 11.9 Å². The molecule has 0 saturated heterocycles. The summed E-state index contributed by atoms with van der Waals surface area (Å²) in [6.45, 7) is 3.54. The summed E-state index contributed by atoms with van der Waals surface area (Å²) in [5, 5.41) is 3.82. The first-order valence-corrected chi connectivity index (χ1v) is 7.79. The molecule has 2 heterocycles. The van der Waals surface area contributed by atoms with Gasteiger partial charge < -0.3 is 10.3 Å². The second-order valence-corrected chi connectivity index (χ2v) is 5.86. The number of nitrogens with two attached hydrogens (primary N) is 1. The van der Waals surface area contributed by atoms with Crippen LogP contribution in [0, 0.1) is 0 Å². The Morgan fingerprint density at radius 2 is 2.20 bits per heavy atom. The molecule has 0 unspecified atom stereocenters. The van der Waals surface area contributed by atoms with Crippen LogP contribution in [0.4, 0.5) is 0 Å². The fraction of sp³-hybridized carbons (Fsp3) is 0.286. The predicted molar refractivity (Wildman–Crippen MR) is 84.3 cm³/mol. The lowest BCUT2D eigenvalue weighted by molar-refractivity contribution is 0.793. The van der Waals surface area contributed by atoms with E-state index in [4.69, 9.17) is 17.3 Å². The summed E-state index contributed by atoms with van der Waals surface area (Å²) in [6.07, 6.45) is 0.808. The van der Waals surface area contributed by atoms with E-state index < -0.39 is 0 Å². The summed E-state index contributed by atoms with van der Waals surface area (Å²) in [6, 6.07) is 5.76. The number of aryl methyl sites for hydroxylation is 1. The largest absolute Gasteiger partial charge is 0.330 e. The number of hydrogen-bond donors (Lipinski definition) is 1. The van der Waals surface area contributed by atoms with Crippen LogP contribution in [0.5, 0.6) is 0 Å². The molecule has 20 heavy (non-hydrogen) atoms. The van der Waals surface area contributed by atoms with Crippen molar-refractivity contribution < 1.29 is 0 Å². The van der Waals surface area contributed by atoms with Crippen molar-refractivity contribution in [1.29, 1.82) is 0 Å². The van der Waals surface area contributed by atoms with Crippen molar-refractivity contribution in [3.8, 4) is 11.5 Å². The SMILES string of the molecule is CCn1c(-c2csc(CCN)n2)nc2ccc(Cl)cc21. The van der Waals surface area contributed by atoms with E-state index in [0.717, 1.165) is 45.5 Å². The van der Waals surface area contributed by atoms with Crippen LogP contribution in [0.15, 0.2) is 23.6 Å². The Morgan fingerprint density at radius 1 is 1.35 bits per heavy atom. The van der Waals surface area contributed by atoms with Crippen molar-refractivity contribution >= 4 is 34.0 Å². The average molecular weight is 307 g/mol. The molecule has 6 heteroatoms. The first kappa shape index (κ1) is 13.5. The number of imidazole rings is 1. The zero-order chi connectivity index (χ0) is 14.1. The summed E-state index contributed by atoms with van der Waals surface area (Å²) in [5.74, 6) is 0.893. The molecule has 0 aliphatic carbocycles. The molecule has 3 rings (SSSR count). The highest BCUT2D eigenvalue weighted by atomic mass is 35.5. The fourth-order valence-electron chi connectivity index (χ4n) is 2.26. The Morgan fingerprint density at radius 3 is 2.95 bits per heavy atom. The average Bonchev–Trinajstić information content (AvgIpc) is 3.02. The van der Waals surface area contributed by atoms with Crippen molar-refractivity contribution in [2.75, 3.05) is 6.54 Å². The third-order valence-corrected chi connectivity index (χ3v) is 4.31. The standard InChI is InChI=1S/C14H15ClN4S/c1-2-19-12-7-9(15)3-4-10(12)18-14(19)11-8-20-13(17-11)5-6-16/h3-4,7-8H,2,5-6,16H2,1H3. The number of thiazole rings is 1. The van der Waals surface area contributed by atoms with E-state index in [1.165, 1.54) is 0 Å². The number of nitrogens with zero attached hydrogens (tertiary/aromatic N) is 3. The van der Waals surface area contributed by atoms with Gasteiger partial charge >= 0.3 is 0 Å². The number of rotatable bonds is 4. The van der Waals surface area contributed by atoms with E-state index in [1.54, 1.807) is 11.3 Å². The van der Waals surface area contributed by atoms with Crippen molar-refractivity contribution in [3.05, 3.63) is 33.6 Å². The summed E-state index contributed by atoms with van der Waals surface area (Å²) >= 11 is 7.71. The van der Waals surface area contributed by atoms with Gasteiger partial charge in [-0.1, -0.05) is 11.6 Å². The predicted octanol–water partition coefficient (Wildman–Crippen LogP) is 3.33. The van der Waals surface area contributed by atoms with Crippen LogP contribution in [-0.2, 0) is 13.0 Å². The number of fused-ring (bicyclic) bond motifs is 1. The molecule has 2 N–H and O–H groups in total. The van der Waals surface area contributed by atoms with Gasteiger partial charge in [0, 0.05) is 23.4 Å². The normalized spacial score (nSPS) is 11.3. The van der Waals surface area contributed by atoms with Crippen LogP contribution in [-0.4, -0.2) is 21.1 Å². The molecule has 0 aliphatic heterocycles. The van der Waals surface area contributed by atoms with Crippen LogP contribution in [0.3, 0.4) is 0 Å². The Labute approximate surface area is 126 Å². The molecule has 104 valence electrons. The van der Waals surface area contributed by atoms with Gasteiger partial charge in [-0.2, -0.15) is 0 Å². The minimum Gasteiger partial charge on any atom is -0.330 e. The summed E-state index contributed by atoms with van der Waals surface area (Å²) < 4.78 is 2.14. The second-order valence-electron chi connectivity index (χ2n) is 4.48. The molecule has 0 amide bonds. The molecule has 3 aromatic rings. The maximum absolute atomic E-state index is 6.08. The smallest absolute Gasteiger partial charge is 0.160 e. The van der Waals surface area contributed by atoms with Gasteiger partial charge in [0.25, 0.3) is 0 Å². The van der Waals surface area contributed by atoms with Gasteiger partial charge in [-0.3, -0.25) is 0 Å². The number of halogens is 1. The van der Waals surface area contributed by atoms with Crippen molar-refractivity contribution in [1.82, 2.24) is 14.5 Å². The second kappa shape index (κ2) is 5.52. The molecule has 2 aromatic heterocycles. The number of benzene rings is 1. The Balaban J connectivity index is 2.14. The topological polar surface area (TPSA) is 56.7 Å². The zero-order valence-corrected chi connectivity index (χ0v) is 12.7. The molecule has 4 nitrogen and oxygen atoms in total. The van der Waals surface area contributed by atoms with Gasteiger partial charge in [0.2, 0.25) is 0 Å². The van der Waals surface area contributed by atoms with E-state index >= 15 is 0 Å². The summed E-state index contributed by atoms with van der Waals surface area (Å²) in [5.41, 5.74) is 8.47. The van der Waals surface area contributed by atoms with E-state index in [9.17, 15) is 0 Å². The molecule has 0 saturated carbocycles. The molecule has 0 bridgehead atoms. The molecule has 0 aliphatic rings. The number of hydrogen-bond acceptors (Lipinski definition) is 4. The highest BCUT2D eigenvalue weighted by molar-refractivity contribution is 7.09. The zero-order valence-electron chi connectivity index (χ0n) is 11.1. The van der Waals surface area contributed by atoms with Crippen molar-refractivity contribution in [2.45, 2.75) is 19.9 Å². The van der Waals surface area contributed by atoms with E-state index in [0.29, 0.717) is 6.54 Å². The van der Waals surface area contributed by atoms with Gasteiger partial charge in [0.15, 0.2) is 5.82 Å². The first-order chi connectivity index (χ1) is 9.72. The molecule has 0 spiro atoms. The highest BCUT2D eigenvalue weighted by Gasteiger charge is 2.14. The summed E-state index contributed by atoms with van der Waals surface area (Å²) in [7, 11) is 0. The van der Waals surface area contributed by atoms with Gasteiger partial charge in [-0.05, 0) is 31.7 Å². The van der Waals surface area contributed by atoms with Crippen LogP contribution in [0.2, 0.25) is 5.02 Å². The summed E-state index contributed by atoms with van der Waals surface area (Å²) in [4.78, 5) is 9.30. The molecular weight excluding hydrogens is 292 g/mol. The van der Waals surface area contributed by atoms with Crippen LogP contribution in [0.25, 0.3) is 22.6 Å². The van der Waals surface area contributed by atoms with E-state index in [2.05, 4.69) is 21.5 Å². The van der Waals surface area contributed by atoms with Crippen molar-refractivity contribution in [3.63, 3.8) is 0 Å². The van der Waals surface area contributed by atoms with E-state index in [-0.39, 0.29) is 0 Å². The maximum atomic E-state index is 6.08. The maximum Gasteiger partial charge on any atom is 0.160 e. The Bertz CT molecular complexity index is 747. The lowest BCUT2D eigenvalue weighted by atomic mass is 10.3. The first-order valence-electron chi connectivity index (χ1n) is 6.53. The molecular formula is C14H15ClN4S. The fourth-order valence-corrected chi connectivity index (χ4v) is 3.22. The minimum absolute atomic E-state index is 0.618. The highest BCUT2D eigenvalue weighted by Crippen LogP contribution is 2.27. The lowest BCUT2D eigenvalue weighted by Crippen LogP contribution is -2.02. The Kier molecular flexibility index (Phi) is 3.74. The van der Waals surface area contributed by atoms with Crippen LogP contribution < -0.4 is 5.73 Å². The molecule has 1 aromatic carbocycles. The van der Waals surface area contributed by atoms with Gasteiger partial charge in [0.05, 0.1) is 16.0 Å². The third kappa shape index (κ3) is 2.32. The molecule has 0 radical (unpaired) electrons. The van der Waals surface area contributed by atoms with Gasteiger partial charge in [0.1, 0.15) is 5.69 Å². The number of aromatic nitrogens is 3. The van der Waals surface area contributed by atoms with Gasteiger partial charge in [-0.25, -0.2) is 9.97 Å². The monoisotopic (exact) mass is 306 g/mol. The third-order valence-electron chi connectivity index (χ3n) is 3.17. The quantitative estimate of drug-likeness (QED) is 0.804. The van der Waals surface area contributed by atoms with Crippen LogP contribution >= 0.6 is 22.9 Å². The molecule has 0 atom stereocenters. The Hall–Kier alpha value is -1.43. The van der Waals surface area contributed by atoms with Crippen molar-refractivity contribution in [2.24, 2.45) is 5.73 Å². The van der Waals surface area contributed by atoms with E-state index in [1.807, 2.05) is 23.6 Å². The minimum atomic E-state index is 0.618.